The van der Waals surface area contributed by atoms with E-state index in [1.165, 1.54) is 0 Å². The summed E-state index contributed by atoms with van der Waals surface area (Å²) in [6.45, 7) is 7.43. The van der Waals surface area contributed by atoms with E-state index in [1.54, 1.807) is 24.5 Å². The Morgan fingerprint density at radius 1 is 1.14 bits per heavy atom. The Bertz CT molecular complexity index is 603. The Hall–Kier alpha value is -1.16. The van der Waals surface area contributed by atoms with E-state index in [0.717, 1.165) is 11.3 Å². The molecule has 0 spiro atoms. The lowest BCUT2D eigenvalue weighted by Gasteiger charge is -2.20. The molecule has 0 atom stereocenters. The van der Waals surface area contributed by atoms with E-state index in [9.17, 15) is 0 Å². The molecule has 0 fully saturated rings. The number of hydrogen-bond acceptors (Lipinski definition) is 3. The molecular weight excluding hydrogens is 309 g/mol. The average molecular weight is 328 g/mol. The molecule has 0 aliphatic carbocycles. The van der Waals surface area contributed by atoms with Crippen molar-refractivity contribution in [2.75, 3.05) is 0 Å². The number of rotatable bonds is 5. The molecule has 0 saturated carbocycles. The molecule has 0 aliphatic heterocycles. The third kappa shape index (κ3) is 4.95. The summed E-state index contributed by atoms with van der Waals surface area (Å²) in [5.74, 6) is 1.56. The molecule has 1 aromatic heterocycles. The van der Waals surface area contributed by atoms with Gasteiger partial charge in [-0.15, -0.1) is 0 Å². The van der Waals surface area contributed by atoms with Crippen molar-refractivity contribution in [1.82, 2.24) is 5.32 Å². The predicted molar refractivity (Wildman–Crippen MR) is 86.1 cm³/mol. The van der Waals surface area contributed by atoms with Gasteiger partial charge in [0.2, 0.25) is 0 Å². The number of hydrogen-bond donors (Lipinski definition) is 1. The Labute approximate surface area is 135 Å². The molecule has 114 valence electrons. The first-order valence-electron chi connectivity index (χ1n) is 6.73. The maximum atomic E-state index is 5.97. The van der Waals surface area contributed by atoms with E-state index in [2.05, 4.69) is 26.1 Å². The second kappa shape index (κ2) is 6.73. The highest BCUT2D eigenvalue weighted by atomic mass is 35.5. The third-order valence-corrected chi connectivity index (χ3v) is 3.64. The summed E-state index contributed by atoms with van der Waals surface area (Å²) < 4.78 is 11.2. The van der Waals surface area contributed by atoms with Crippen LogP contribution in [0.3, 0.4) is 0 Å². The molecule has 0 aliphatic rings. The standard InChI is InChI=1S/C16H19Cl2NO2/c1-16(2,3)19-9-15-11(6-7-20-15)10-21-12-4-5-13(17)14(18)8-12/h4-8,19H,9-10H2,1-3H3. The van der Waals surface area contributed by atoms with Crippen molar-refractivity contribution in [1.29, 1.82) is 0 Å². The van der Waals surface area contributed by atoms with Crippen LogP contribution in [0, 0.1) is 0 Å². The van der Waals surface area contributed by atoms with Crippen molar-refractivity contribution in [2.24, 2.45) is 0 Å². The number of benzene rings is 1. The normalized spacial score (nSPS) is 11.7. The number of ether oxygens (including phenoxy) is 1. The molecule has 0 saturated heterocycles. The average Bonchev–Trinajstić information content (AvgIpc) is 2.84. The van der Waals surface area contributed by atoms with E-state index >= 15 is 0 Å². The number of nitrogens with one attached hydrogen (secondary N) is 1. The van der Waals surface area contributed by atoms with Gasteiger partial charge in [-0.1, -0.05) is 23.2 Å². The SMILES string of the molecule is CC(C)(C)NCc1occc1COc1ccc(Cl)c(Cl)c1. The minimum atomic E-state index is 0.0363. The zero-order valence-electron chi connectivity index (χ0n) is 12.4. The Kier molecular flexibility index (Phi) is 5.20. The summed E-state index contributed by atoms with van der Waals surface area (Å²) in [4.78, 5) is 0. The van der Waals surface area contributed by atoms with Gasteiger partial charge < -0.3 is 14.5 Å². The molecule has 0 amide bonds. The van der Waals surface area contributed by atoms with Gasteiger partial charge in [0.05, 0.1) is 22.9 Å². The van der Waals surface area contributed by atoms with Crippen molar-refractivity contribution in [2.45, 2.75) is 39.5 Å². The molecule has 3 nitrogen and oxygen atoms in total. The van der Waals surface area contributed by atoms with Crippen LogP contribution in [0.25, 0.3) is 0 Å². The molecule has 21 heavy (non-hydrogen) atoms. The van der Waals surface area contributed by atoms with Crippen molar-refractivity contribution in [3.63, 3.8) is 0 Å². The molecule has 5 heteroatoms. The Morgan fingerprint density at radius 3 is 2.57 bits per heavy atom. The lowest BCUT2D eigenvalue weighted by molar-refractivity contribution is 0.299. The zero-order valence-corrected chi connectivity index (χ0v) is 13.9. The third-order valence-electron chi connectivity index (χ3n) is 2.90. The molecule has 0 bridgehead atoms. The molecule has 0 unspecified atom stereocenters. The minimum absolute atomic E-state index is 0.0363. The summed E-state index contributed by atoms with van der Waals surface area (Å²) >= 11 is 11.8. The fourth-order valence-electron chi connectivity index (χ4n) is 1.72. The van der Waals surface area contributed by atoms with E-state index in [1.807, 2.05) is 6.07 Å². The van der Waals surface area contributed by atoms with E-state index in [-0.39, 0.29) is 5.54 Å². The molecule has 2 aromatic rings. The first-order valence-corrected chi connectivity index (χ1v) is 7.49. The summed E-state index contributed by atoms with van der Waals surface area (Å²) in [5.41, 5.74) is 1.05. The van der Waals surface area contributed by atoms with Crippen LogP contribution in [0.15, 0.2) is 34.9 Å². The van der Waals surface area contributed by atoms with Crippen LogP contribution in [0.4, 0.5) is 0 Å². The van der Waals surface area contributed by atoms with Gasteiger partial charge in [-0.05, 0) is 39.0 Å². The van der Waals surface area contributed by atoms with Gasteiger partial charge in [-0.2, -0.15) is 0 Å². The number of furan rings is 1. The van der Waals surface area contributed by atoms with E-state index < -0.39 is 0 Å². The summed E-state index contributed by atoms with van der Waals surface area (Å²) in [6.07, 6.45) is 1.67. The smallest absolute Gasteiger partial charge is 0.124 e. The summed E-state index contributed by atoms with van der Waals surface area (Å²) in [7, 11) is 0. The summed E-state index contributed by atoms with van der Waals surface area (Å²) in [6, 6.07) is 7.13. The molecule has 1 heterocycles. The van der Waals surface area contributed by atoms with Crippen LogP contribution in [0.2, 0.25) is 10.0 Å². The maximum absolute atomic E-state index is 5.97. The fraction of sp³-hybridized carbons (Fsp3) is 0.375. The molecule has 0 radical (unpaired) electrons. The second-order valence-corrected chi connectivity index (χ2v) is 6.65. The first kappa shape index (κ1) is 16.2. The van der Waals surface area contributed by atoms with Gasteiger partial charge in [-0.25, -0.2) is 0 Å². The second-order valence-electron chi connectivity index (χ2n) is 5.84. The Balaban J connectivity index is 1.97. The van der Waals surface area contributed by atoms with Gasteiger partial charge in [-0.3, -0.25) is 0 Å². The van der Waals surface area contributed by atoms with Crippen molar-refractivity contribution >= 4 is 23.2 Å². The molecule has 1 N–H and O–H groups in total. The summed E-state index contributed by atoms with van der Waals surface area (Å²) in [5, 5.41) is 4.39. The monoisotopic (exact) mass is 327 g/mol. The number of halogens is 2. The highest BCUT2D eigenvalue weighted by molar-refractivity contribution is 6.42. The fourth-order valence-corrected chi connectivity index (χ4v) is 2.01. The predicted octanol–water partition coefficient (Wildman–Crippen LogP) is 5.05. The van der Waals surface area contributed by atoms with Gasteiger partial charge in [0, 0.05) is 17.2 Å². The zero-order chi connectivity index (χ0) is 15.5. The van der Waals surface area contributed by atoms with Crippen LogP contribution >= 0.6 is 23.2 Å². The van der Waals surface area contributed by atoms with E-state index in [4.69, 9.17) is 32.4 Å². The lowest BCUT2D eigenvalue weighted by atomic mass is 10.1. The highest BCUT2D eigenvalue weighted by Crippen LogP contribution is 2.27. The van der Waals surface area contributed by atoms with Crippen molar-refractivity contribution in [3.8, 4) is 5.75 Å². The van der Waals surface area contributed by atoms with Crippen molar-refractivity contribution < 1.29 is 9.15 Å². The van der Waals surface area contributed by atoms with Gasteiger partial charge in [0.1, 0.15) is 18.1 Å². The van der Waals surface area contributed by atoms with Crippen LogP contribution in [0.1, 0.15) is 32.1 Å². The maximum Gasteiger partial charge on any atom is 0.124 e. The quantitative estimate of drug-likeness (QED) is 0.834. The Morgan fingerprint density at radius 2 is 1.90 bits per heavy atom. The minimum Gasteiger partial charge on any atom is -0.489 e. The highest BCUT2D eigenvalue weighted by Gasteiger charge is 2.13. The van der Waals surface area contributed by atoms with Gasteiger partial charge in [0.15, 0.2) is 0 Å². The molecule has 2 rings (SSSR count). The largest absolute Gasteiger partial charge is 0.489 e. The van der Waals surface area contributed by atoms with E-state index in [0.29, 0.717) is 28.9 Å². The first-order chi connectivity index (χ1) is 9.85. The molecular formula is C16H19Cl2NO2. The van der Waals surface area contributed by atoms with Crippen LogP contribution < -0.4 is 10.1 Å². The topological polar surface area (TPSA) is 34.4 Å². The van der Waals surface area contributed by atoms with Crippen LogP contribution in [-0.4, -0.2) is 5.54 Å². The van der Waals surface area contributed by atoms with Gasteiger partial charge >= 0.3 is 0 Å². The van der Waals surface area contributed by atoms with Crippen LogP contribution in [-0.2, 0) is 13.2 Å². The molecule has 1 aromatic carbocycles. The van der Waals surface area contributed by atoms with Crippen molar-refractivity contribution in [3.05, 3.63) is 51.9 Å². The lowest BCUT2D eigenvalue weighted by Crippen LogP contribution is -2.35. The van der Waals surface area contributed by atoms with Gasteiger partial charge in [0.25, 0.3) is 0 Å². The van der Waals surface area contributed by atoms with Crippen LogP contribution in [0.5, 0.6) is 5.75 Å².